The molecule has 9 heteroatoms. The SMILES string of the molecule is COc1cc(CS(=O)(=O)C(C)C(=O)NC(C)c2ccccc2)ccc1OC(F)F. The largest absolute Gasteiger partial charge is 0.493 e. The number of carbonyl (C=O) groups is 1. The Kier molecular flexibility index (Phi) is 7.55. The van der Waals surface area contributed by atoms with Crippen molar-refractivity contribution in [3.63, 3.8) is 0 Å². The molecule has 1 amide bonds. The topological polar surface area (TPSA) is 81.7 Å². The van der Waals surface area contributed by atoms with Crippen LogP contribution in [0.2, 0.25) is 0 Å². The molecule has 0 heterocycles. The fourth-order valence-corrected chi connectivity index (χ4v) is 3.96. The monoisotopic (exact) mass is 427 g/mol. The Balaban J connectivity index is 2.10. The van der Waals surface area contributed by atoms with Crippen LogP contribution in [0.4, 0.5) is 8.78 Å². The van der Waals surface area contributed by atoms with Crippen LogP contribution in [-0.4, -0.2) is 33.3 Å². The summed E-state index contributed by atoms with van der Waals surface area (Å²) in [6, 6.07) is 12.7. The van der Waals surface area contributed by atoms with Gasteiger partial charge in [-0.15, -0.1) is 0 Å². The molecule has 1 N–H and O–H groups in total. The van der Waals surface area contributed by atoms with Gasteiger partial charge in [-0.25, -0.2) is 8.42 Å². The number of hydrogen-bond donors (Lipinski definition) is 1. The van der Waals surface area contributed by atoms with Gasteiger partial charge in [0.25, 0.3) is 0 Å². The highest BCUT2D eigenvalue weighted by Crippen LogP contribution is 2.30. The zero-order chi connectivity index (χ0) is 21.6. The molecule has 6 nitrogen and oxygen atoms in total. The third kappa shape index (κ3) is 6.15. The molecule has 0 aliphatic heterocycles. The Labute approximate surface area is 168 Å². The Morgan fingerprint density at radius 1 is 1.07 bits per heavy atom. The van der Waals surface area contributed by atoms with E-state index in [9.17, 15) is 22.0 Å². The highest BCUT2D eigenvalue weighted by atomic mass is 32.2. The lowest BCUT2D eigenvalue weighted by atomic mass is 10.1. The molecule has 0 saturated carbocycles. The second-order valence-corrected chi connectivity index (χ2v) is 8.78. The molecule has 29 heavy (non-hydrogen) atoms. The lowest BCUT2D eigenvalue weighted by Gasteiger charge is -2.18. The van der Waals surface area contributed by atoms with Crippen LogP contribution in [0.1, 0.15) is 31.0 Å². The third-order valence-electron chi connectivity index (χ3n) is 4.38. The normalized spacial score (nSPS) is 13.6. The van der Waals surface area contributed by atoms with Gasteiger partial charge in [0.15, 0.2) is 21.3 Å². The fourth-order valence-electron chi connectivity index (χ4n) is 2.67. The molecule has 0 spiro atoms. The maximum absolute atomic E-state index is 12.7. The number of alkyl halides is 2. The van der Waals surface area contributed by atoms with E-state index < -0.39 is 33.4 Å². The van der Waals surface area contributed by atoms with Gasteiger partial charge < -0.3 is 14.8 Å². The number of sulfone groups is 1. The maximum Gasteiger partial charge on any atom is 0.387 e. The smallest absolute Gasteiger partial charge is 0.387 e. The Bertz CT molecular complexity index is 935. The third-order valence-corrected chi connectivity index (χ3v) is 6.41. The van der Waals surface area contributed by atoms with Gasteiger partial charge >= 0.3 is 6.61 Å². The summed E-state index contributed by atoms with van der Waals surface area (Å²) in [6.07, 6.45) is 0. The van der Waals surface area contributed by atoms with E-state index in [0.29, 0.717) is 5.56 Å². The summed E-state index contributed by atoms with van der Waals surface area (Å²) >= 11 is 0. The average molecular weight is 427 g/mol. The molecule has 0 aromatic heterocycles. The van der Waals surface area contributed by atoms with Crippen molar-refractivity contribution in [1.29, 1.82) is 0 Å². The molecule has 158 valence electrons. The van der Waals surface area contributed by atoms with E-state index in [2.05, 4.69) is 10.1 Å². The van der Waals surface area contributed by atoms with Crippen LogP contribution in [-0.2, 0) is 20.4 Å². The van der Waals surface area contributed by atoms with Crippen molar-refractivity contribution in [2.75, 3.05) is 7.11 Å². The Morgan fingerprint density at radius 2 is 1.72 bits per heavy atom. The number of methoxy groups -OCH3 is 1. The maximum atomic E-state index is 12.7. The van der Waals surface area contributed by atoms with Crippen molar-refractivity contribution in [2.24, 2.45) is 0 Å². The second-order valence-electron chi connectivity index (χ2n) is 6.45. The van der Waals surface area contributed by atoms with E-state index >= 15 is 0 Å². The number of benzene rings is 2. The number of hydrogen-bond acceptors (Lipinski definition) is 5. The summed E-state index contributed by atoms with van der Waals surface area (Å²) in [5.74, 6) is -1.29. The number of halogens is 2. The van der Waals surface area contributed by atoms with Gasteiger partial charge in [-0.2, -0.15) is 8.78 Å². The van der Waals surface area contributed by atoms with Crippen LogP contribution < -0.4 is 14.8 Å². The molecule has 0 aliphatic carbocycles. The van der Waals surface area contributed by atoms with Gasteiger partial charge in [0.2, 0.25) is 5.91 Å². The van der Waals surface area contributed by atoms with Crippen LogP contribution >= 0.6 is 0 Å². The molecule has 0 saturated heterocycles. The first-order valence-electron chi connectivity index (χ1n) is 8.82. The molecular weight excluding hydrogens is 404 g/mol. The van der Waals surface area contributed by atoms with E-state index in [1.807, 2.05) is 30.3 Å². The highest BCUT2D eigenvalue weighted by molar-refractivity contribution is 7.92. The number of nitrogens with one attached hydrogen (secondary N) is 1. The predicted molar refractivity (Wildman–Crippen MR) is 105 cm³/mol. The molecular formula is C20H23F2NO5S. The van der Waals surface area contributed by atoms with Crippen LogP contribution in [0.5, 0.6) is 11.5 Å². The van der Waals surface area contributed by atoms with Gasteiger partial charge in [0.1, 0.15) is 5.25 Å². The fraction of sp³-hybridized carbons (Fsp3) is 0.350. The molecule has 0 bridgehead atoms. The Hall–Kier alpha value is -2.68. The summed E-state index contributed by atoms with van der Waals surface area (Å²) in [4.78, 5) is 12.4. The zero-order valence-corrected chi connectivity index (χ0v) is 17.1. The molecule has 0 radical (unpaired) electrons. The van der Waals surface area contributed by atoms with E-state index in [-0.39, 0.29) is 17.5 Å². The van der Waals surface area contributed by atoms with Crippen LogP contribution in [0.3, 0.4) is 0 Å². The molecule has 2 aromatic rings. The minimum absolute atomic E-state index is 0.0206. The lowest BCUT2D eigenvalue weighted by molar-refractivity contribution is -0.121. The minimum atomic E-state index is -3.86. The number of carbonyl (C=O) groups excluding carboxylic acids is 1. The molecule has 2 rings (SSSR count). The average Bonchev–Trinajstić information content (AvgIpc) is 2.68. The van der Waals surface area contributed by atoms with Crippen LogP contribution in [0.15, 0.2) is 48.5 Å². The van der Waals surface area contributed by atoms with Crippen molar-refractivity contribution in [1.82, 2.24) is 5.32 Å². The van der Waals surface area contributed by atoms with Crippen molar-refractivity contribution in [3.8, 4) is 11.5 Å². The first-order chi connectivity index (χ1) is 13.6. The summed E-state index contributed by atoms with van der Waals surface area (Å²) in [7, 11) is -2.60. The molecule has 0 fully saturated rings. The van der Waals surface area contributed by atoms with E-state index in [0.717, 1.165) is 5.56 Å². The van der Waals surface area contributed by atoms with Gasteiger partial charge in [-0.1, -0.05) is 36.4 Å². The van der Waals surface area contributed by atoms with Gasteiger partial charge in [0.05, 0.1) is 18.9 Å². The Morgan fingerprint density at radius 3 is 2.31 bits per heavy atom. The minimum Gasteiger partial charge on any atom is -0.493 e. The summed E-state index contributed by atoms with van der Waals surface area (Å²) < 4.78 is 59.5. The van der Waals surface area contributed by atoms with Gasteiger partial charge in [-0.05, 0) is 37.1 Å². The van der Waals surface area contributed by atoms with E-state index in [1.165, 1.54) is 32.2 Å². The summed E-state index contributed by atoms with van der Waals surface area (Å²) in [5.41, 5.74) is 1.14. The summed E-state index contributed by atoms with van der Waals surface area (Å²) in [5, 5.41) is 1.40. The lowest BCUT2D eigenvalue weighted by Crippen LogP contribution is -2.39. The van der Waals surface area contributed by atoms with E-state index in [1.54, 1.807) is 6.92 Å². The van der Waals surface area contributed by atoms with Crippen molar-refractivity contribution in [2.45, 2.75) is 37.5 Å². The first-order valence-corrected chi connectivity index (χ1v) is 10.5. The van der Waals surface area contributed by atoms with Crippen LogP contribution in [0, 0.1) is 0 Å². The zero-order valence-electron chi connectivity index (χ0n) is 16.3. The summed E-state index contributed by atoms with van der Waals surface area (Å²) in [6.45, 7) is 0.0429. The van der Waals surface area contributed by atoms with Crippen molar-refractivity contribution < 1.29 is 31.5 Å². The number of rotatable bonds is 9. The molecule has 2 unspecified atom stereocenters. The van der Waals surface area contributed by atoms with Crippen LogP contribution in [0.25, 0.3) is 0 Å². The van der Waals surface area contributed by atoms with Gasteiger partial charge in [-0.3, -0.25) is 4.79 Å². The molecule has 2 aromatic carbocycles. The standard InChI is InChI=1S/C20H23F2NO5S/c1-13(16-7-5-4-6-8-16)23-19(24)14(2)29(25,26)12-15-9-10-17(28-20(21)22)18(11-15)27-3/h4-11,13-14,20H,12H2,1-3H3,(H,23,24). The van der Waals surface area contributed by atoms with Crippen molar-refractivity contribution in [3.05, 3.63) is 59.7 Å². The predicted octanol–water partition coefficient (Wildman–Crippen LogP) is 3.48. The number of ether oxygens (including phenoxy) is 2. The molecule has 0 aliphatic rings. The van der Waals surface area contributed by atoms with E-state index in [4.69, 9.17) is 4.74 Å². The first kappa shape index (κ1) is 22.6. The van der Waals surface area contributed by atoms with Gasteiger partial charge in [0, 0.05) is 0 Å². The highest BCUT2D eigenvalue weighted by Gasteiger charge is 2.29. The number of amides is 1. The molecule has 2 atom stereocenters. The van der Waals surface area contributed by atoms with Crippen molar-refractivity contribution >= 4 is 15.7 Å². The second kappa shape index (κ2) is 9.69. The quantitative estimate of drug-likeness (QED) is 0.663.